The summed E-state index contributed by atoms with van der Waals surface area (Å²) in [7, 11) is -7.41. The van der Waals surface area contributed by atoms with Gasteiger partial charge in [0, 0.05) is 6.54 Å². The number of sulfonamides is 2. The lowest BCUT2D eigenvalue weighted by Crippen LogP contribution is -2.36. The van der Waals surface area contributed by atoms with Crippen LogP contribution in [0.4, 0.5) is 15.8 Å². The Hall–Kier alpha value is -3.15. The van der Waals surface area contributed by atoms with Gasteiger partial charge in [0.1, 0.15) is 9.79 Å². The van der Waals surface area contributed by atoms with Gasteiger partial charge in [-0.05, 0) is 54.8 Å². The van der Waals surface area contributed by atoms with E-state index in [1.165, 1.54) is 48.5 Å². The first-order valence-electron chi connectivity index (χ1n) is 10.4. The number of carbonyl (C=O) groups excluding carboxylic acids is 1. The number of rotatable bonds is 6. The SMILES string of the molecule is COC(=O)c1ccccc1S(=O)(=O)N1CCCc2ccc(NS(=O)(=O)c3cccc(Cl)c3F)cc21. The molecule has 0 atom stereocenters. The predicted octanol–water partition coefficient (Wildman–Crippen LogP) is 4.21. The smallest absolute Gasteiger partial charge is 0.339 e. The van der Waals surface area contributed by atoms with Crippen LogP contribution in [0.5, 0.6) is 0 Å². The molecule has 0 saturated carbocycles. The van der Waals surface area contributed by atoms with E-state index in [0.717, 1.165) is 17.5 Å². The Morgan fingerprint density at radius 2 is 1.74 bits per heavy atom. The maximum Gasteiger partial charge on any atom is 0.339 e. The second-order valence-electron chi connectivity index (χ2n) is 7.67. The number of nitrogens with zero attached hydrogens (tertiary/aromatic N) is 1. The van der Waals surface area contributed by atoms with Crippen molar-refractivity contribution in [3.8, 4) is 0 Å². The topological polar surface area (TPSA) is 110 Å². The Bertz CT molecular complexity index is 1530. The maximum atomic E-state index is 14.3. The molecule has 12 heteroatoms. The molecule has 1 aliphatic rings. The van der Waals surface area contributed by atoms with Crippen molar-refractivity contribution in [1.82, 2.24) is 0 Å². The molecule has 0 aliphatic carbocycles. The van der Waals surface area contributed by atoms with Gasteiger partial charge >= 0.3 is 5.97 Å². The molecule has 3 aromatic rings. The van der Waals surface area contributed by atoms with Crippen LogP contribution in [0.2, 0.25) is 5.02 Å². The fourth-order valence-electron chi connectivity index (χ4n) is 3.84. The zero-order chi connectivity index (χ0) is 25.4. The molecule has 4 rings (SSSR count). The number of carbonyl (C=O) groups is 1. The van der Waals surface area contributed by atoms with Crippen LogP contribution < -0.4 is 9.03 Å². The van der Waals surface area contributed by atoms with Gasteiger partial charge in [0.05, 0.1) is 29.1 Å². The highest BCUT2D eigenvalue weighted by Crippen LogP contribution is 2.36. The zero-order valence-electron chi connectivity index (χ0n) is 18.4. The molecule has 0 amide bonds. The van der Waals surface area contributed by atoms with Gasteiger partial charge in [-0.1, -0.05) is 35.9 Å². The van der Waals surface area contributed by atoms with Crippen LogP contribution in [0.15, 0.2) is 70.5 Å². The van der Waals surface area contributed by atoms with Crippen molar-refractivity contribution in [2.24, 2.45) is 0 Å². The summed E-state index contributed by atoms with van der Waals surface area (Å²) in [6.45, 7) is 0.115. The van der Waals surface area contributed by atoms with Crippen LogP contribution >= 0.6 is 11.6 Å². The molecule has 0 aromatic heterocycles. The first kappa shape index (κ1) is 25.0. The number of anilines is 2. The Morgan fingerprint density at radius 1 is 1.03 bits per heavy atom. The first-order valence-corrected chi connectivity index (χ1v) is 13.7. The minimum absolute atomic E-state index is 0.0338. The van der Waals surface area contributed by atoms with Crippen molar-refractivity contribution < 1.29 is 30.8 Å². The van der Waals surface area contributed by atoms with Gasteiger partial charge in [-0.25, -0.2) is 26.0 Å². The van der Waals surface area contributed by atoms with E-state index in [0.29, 0.717) is 18.4 Å². The van der Waals surface area contributed by atoms with Gasteiger partial charge in [0.15, 0.2) is 5.82 Å². The fourth-order valence-corrected chi connectivity index (χ4v) is 6.94. The van der Waals surface area contributed by atoms with Crippen molar-refractivity contribution in [3.63, 3.8) is 0 Å². The third-order valence-electron chi connectivity index (χ3n) is 5.48. The summed E-state index contributed by atoms with van der Waals surface area (Å²) in [5, 5.41) is -0.347. The Kier molecular flexibility index (Phi) is 6.76. The normalized spacial score (nSPS) is 13.7. The first-order chi connectivity index (χ1) is 16.6. The zero-order valence-corrected chi connectivity index (χ0v) is 20.8. The average molecular weight is 539 g/mol. The predicted molar refractivity (Wildman–Crippen MR) is 129 cm³/mol. The van der Waals surface area contributed by atoms with Gasteiger partial charge in [0.25, 0.3) is 20.0 Å². The number of ether oxygens (including phenoxy) is 1. The van der Waals surface area contributed by atoms with Gasteiger partial charge in [0.2, 0.25) is 0 Å². The Morgan fingerprint density at radius 3 is 2.49 bits per heavy atom. The van der Waals surface area contributed by atoms with Gasteiger partial charge in [-0.15, -0.1) is 0 Å². The molecule has 8 nitrogen and oxygen atoms in total. The van der Waals surface area contributed by atoms with Crippen LogP contribution in [0, 0.1) is 5.82 Å². The van der Waals surface area contributed by atoms with Gasteiger partial charge in [-0.2, -0.15) is 0 Å². The maximum absolute atomic E-state index is 14.3. The molecular weight excluding hydrogens is 519 g/mol. The van der Waals surface area contributed by atoms with Crippen LogP contribution in [0.3, 0.4) is 0 Å². The van der Waals surface area contributed by atoms with E-state index in [4.69, 9.17) is 16.3 Å². The monoisotopic (exact) mass is 538 g/mol. The van der Waals surface area contributed by atoms with Crippen molar-refractivity contribution in [1.29, 1.82) is 0 Å². The molecule has 184 valence electrons. The van der Waals surface area contributed by atoms with Crippen LogP contribution in [-0.4, -0.2) is 36.5 Å². The molecule has 0 fully saturated rings. The average Bonchev–Trinajstić information content (AvgIpc) is 2.84. The number of methoxy groups -OCH3 is 1. The largest absolute Gasteiger partial charge is 0.465 e. The van der Waals surface area contributed by atoms with Crippen LogP contribution in [-0.2, 0) is 31.2 Å². The third kappa shape index (κ3) is 4.71. The van der Waals surface area contributed by atoms with Gasteiger partial charge < -0.3 is 4.74 Å². The molecule has 0 bridgehead atoms. The highest BCUT2D eigenvalue weighted by atomic mass is 35.5. The van der Waals surface area contributed by atoms with E-state index < -0.39 is 36.7 Å². The number of hydrogen-bond donors (Lipinski definition) is 1. The quantitative estimate of drug-likeness (QED) is 0.471. The number of nitrogens with one attached hydrogen (secondary N) is 1. The summed E-state index contributed by atoms with van der Waals surface area (Å²) >= 11 is 5.72. The fraction of sp³-hybridized carbons (Fsp3) is 0.174. The Labute approximate surface area is 207 Å². The lowest BCUT2D eigenvalue weighted by molar-refractivity contribution is 0.0596. The molecule has 0 radical (unpaired) electrons. The number of hydrogen-bond acceptors (Lipinski definition) is 6. The molecular formula is C23H20ClFN2O6S2. The lowest BCUT2D eigenvalue weighted by Gasteiger charge is -2.31. The highest BCUT2D eigenvalue weighted by molar-refractivity contribution is 7.93. The van der Waals surface area contributed by atoms with Crippen molar-refractivity contribution >= 4 is 49.0 Å². The second kappa shape index (κ2) is 9.48. The number of esters is 1. The minimum Gasteiger partial charge on any atom is -0.465 e. The number of halogens is 2. The molecule has 0 saturated heterocycles. The van der Waals surface area contributed by atoms with Crippen LogP contribution in [0.1, 0.15) is 22.3 Å². The Balaban J connectivity index is 1.75. The lowest BCUT2D eigenvalue weighted by atomic mass is 10.0. The summed E-state index contributed by atoms with van der Waals surface area (Å²) in [5.74, 6) is -1.89. The van der Waals surface area contributed by atoms with E-state index in [1.807, 2.05) is 0 Å². The minimum atomic E-state index is -4.36. The molecule has 1 heterocycles. The number of fused-ring (bicyclic) bond motifs is 1. The third-order valence-corrected chi connectivity index (χ3v) is 9.04. The molecule has 0 spiro atoms. The highest BCUT2D eigenvalue weighted by Gasteiger charge is 2.33. The second-order valence-corrected chi connectivity index (χ2v) is 11.6. The summed E-state index contributed by atoms with van der Waals surface area (Å²) in [4.78, 5) is 11.3. The standard InChI is InChI=1S/C23H20ClFN2O6S2/c1-33-23(28)17-7-2-3-9-20(17)35(31,32)27-13-5-6-15-11-12-16(14-19(15)27)26-34(29,30)21-10-4-8-18(24)22(21)25/h2-4,7-12,14,26H,5-6,13H2,1H3. The number of benzene rings is 3. The van der Waals surface area contributed by atoms with E-state index >= 15 is 0 Å². The number of aryl methyl sites for hydroxylation is 1. The summed E-state index contributed by atoms with van der Waals surface area (Å²) in [6, 6.07) is 13.7. The summed E-state index contributed by atoms with van der Waals surface area (Å²) in [5.41, 5.74) is 0.844. The summed E-state index contributed by atoms with van der Waals surface area (Å²) < 4.78 is 75.3. The van der Waals surface area contributed by atoms with Crippen molar-refractivity contribution in [3.05, 3.63) is 82.6 Å². The van der Waals surface area contributed by atoms with Gasteiger partial charge in [-0.3, -0.25) is 9.03 Å². The van der Waals surface area contributed by atoms with Crippen LogP contribution in [0.25, 0.3) is 0 Å². The summed E-state index contributed by atoms with van der Waals surface area (Å²) in [6.07, 6.45) is 1.08. The van der Waals surface area contributed by atoms with E-state index in [9.17, 15) is 26.0 Å². The molecule has 1 aliphatic heterocycles. The van der Waals surface area contributed by atoms with Crippen molar-refractivity contribution in [2.45, 2.75) is 22.6 Å². The molecule has 3 aromatic carbocycles. The van der Waals surface area contributed by atoms with E-state index in [1.54, 1.807) is 6.07 Å². The van der Waals surface area contributed by atoms with E-state index in [-0.39, 0.29) is 33.4 Å². The van der Waals surface area contributed by atoms with E-state index in [2.05, 4.69) is 4.72 Å². The van der Waals surface area contributed by atoms with Crippen molar-refractivity contribution in [2.75, 3.05) is 22.7 Å². The molecule has 1 N–H and O–H groups in total. The molecule has 0 unspecified atom stereocenters. The molecule has 35 heavy (non-hydrogen) atoms.